The lowest BCUT2D eigenvalue weighted by Gasteiger charge is -2.20. The van der Waals surface area contributed by atoms with Crippen molar-refractivity contribution in [1.82, 2.24) is 10.6 Å². The Balaban J connectivity index is 0.00000529. The fourth-order valence-electron chi connectivity index (χ4n) is 1.96. The van der Waals surface area contributed by atoms with Crippen molar-refractivity contribution < 1.29 is 31.8 Å². The maximum absolute atomic E-state index is 11.8. The van der Waals surface area contributed by atoms with E-state index < -0.39 is 0 Å². The van der Waals surface area contributed by atoms with E-state index in [9.17, 15) is 9.90 Å². The van der Waals surface area contributed by atoms with Gasteiger partial charge in [0.05, 0.1) is 13.2 Å². The van der Waals surface area contributed by atoms with Crippen molar-refractivity contribution in [3.05, 3.63) is 23.8 Å². The first-order valence-electron chi connectivity index (χ1n) is 7.71. The number of ether oxygens (including phenoxy) is 2. The highest BCUT2D eigenvalue weighted by Crippen LogP contribution is 2.28. The molecule has 1 atom stereocenters. The second kappa shape index (κ2) is 10.4. The van der Waals surface area contributed by atoms with Gasteiger partial charge in [-0.1, -0.05) is 6.07 Å². The third-order valence-electron chi connectivity index (χ3n) is 2.87. The number of nitrogens with one attached hydrogen (secondary N) is 2. The number of aliphatic hydroxyl groups is 1. The normalized spacial score (nSPS) is 12.1. The van der Waals surface area contributed by atoms with Crippen LogP contribution in [0.5, 0.6) is 11.5 Å². The quantitative estimate of drug-likeness (QED) is 0.524. The van der Waals surface area contributed by atoms with E-state index in [1.165, 1.54) is 0 Å². The van der Waals surface area contributed by atoms with Crippen LogP contribution in [0.3, 0.4) is 0 Å². The van der Waals surface area contributed by atoms with E-state index >= 15 is 0 Å². The summed E-state index contributed by atoms with van der Waals surface area (Å²) in [5, 5.41) is 15.2. The minimum atomic E-state index is -0.388. The summed E-state index contributed by atoms with van der Waals surface area (Å²) in [5.41, 5.74) is 0.721. The van der Waals surface area contributed by atoms with Gasteiger partial charge < -0.3 is 37.6 Å². The number of hydrogen-bond acceptors (Lipinski definition) is 5. The van der Waals surface area contributed by atoms with Crippen molar-refractivity contribution >= 4 is 5.91 Å². The van der Waals surface area contributed by atoms with Crippen molar-refractivity contribution in [2.45, 2.75) is 45.9 Å². The second-order valence-corrected chi connectivity index (χ2v) is 6.55. The molecular weight excluding hydrogens is 332 g/mol. The van der Waals surface area contributed by atoms with Crippen LogP contribution >= 0.6 is 0 Å². The van der Waals surface area contributed by atoms with Gasteiger partial charge in [-0.05, 0) is 45.4 Å². The molecule has 6 nitrogen and oxygen atoms in total. The molecule has 1 unspecified atom stereocenters. The smallest absolute Gasteiger partial charge is 0.258 e. The number of carbonyl (C=O) groups is 1. The maximum Gasteiger partial charge on any atom is 0.258 e. The van der Waals surface area contributed by atoms with Gasteiger partial charge in [-0.3, -0.25) is 4.79 Å². The Kier molecular flexibility index (Phi) is 9.73. The minimum Gasteiger partial charge on any atom is -1.00 e. The Morgan fingerprint density at radius 1 is 1.29 bits per heavy atom. The topological polar surface area (TPSA) is 79.8 Å². The van der Waals surface area contributed by atoms with E-state index in [0.717, 1.165) is 5.56 Å². The van der Waals surface area contributed by atoms with Crippen LogP contribution < -0.4 is 32.5 Å². The summed E-state index contributed by atoms with van der Waals surface area (Å²) in [4.78, 5) is 11.8. The molecule has 7 heteroatoms. The molecule has 0 aliphatic rings. The van der Waals surface area contributed by atoms with E-state index in [2.05, 4.69) is 10.6 Å². The monoisotopic (exact) mass is 359 g/mol. The fraction of sp³-hybridized carbons (Fsp3) is 0.588. The highest BCUT2D eigenvalue weighted by Gasteiger charge is 2.15. The molecule has 0 radical (unpaired) electrons. The summed E-state index contributed by atoms with van der Waals surface area (Å²) in [6.45, 7) is 8.56. The average Bonchev–Trinajstić information content (AvgIpc) is 2.43. The van der Waals surface area contributed by atoms with Crippen molar-refractivity contribution in [1.29, 1.82) is 0 Å². The van der Waals surface area contributed by atoms with Crippen LogP contribution in [0.4, 0.5) is 0 Å². The molecule has 0 aliphatic carbocycles. The van der Waals surface area contributed by atoms with Gasteiger partial charge in [0.1, 0.15) is 0 Å². The van der Waals surface area contributed by atoms with Crippen LogP contribution in [0.25, 0.3) is 0 Å². The summed E-state index contributed by atoms with van der Waals surface area (Å²) >= 11 is 0. The van der Waals surface area contributed by atoms with Gasteiger partial charge >= 0.3 is 0 Å². The van der Waals surface area contributed by atoms with Gasteiger partial charge in [-0.25, -0.2) is 0 Å². The first kappa shape index (κ1) is 22.5. The van der Waals surface area contributed by atoms with Crippen molar-refractivity contribution in [2.24, 2.45) is 0 Å². The first-order valence-corrected chi connectivity index (χ1v) is 7.71. The zero-order valence-corrected chi connectivity index (χ0v) is 15.7. The fourth-order valence-corrected chi connectivity index (χ4v) is 1.96. The second-order valence-electron chi connectivity index (χ2n) is 6.55. The predicted molar refractivity (Wildman–Crippen MR) is 89.8 cm³/mol. The van der Waals surface area contributed by atoms with Gasteiger partial charge in [0.15, 0.2) is 18.1 Å². The summed E-state index contributed by atoms with van der Waals surface area (Å²) in [7, 11) is 1.56. The first-order chi connectivity index (χ1) is 10.7. The number of amides is 1. The van der Waals surface area contributed by atoms with E-state index in [0.29, 0.717) is 24.6 Å². The minimum absolute atomic E-state index is 0. The molecule has 0 saturated heterocycles. The Bertz CT molecular complexity index is 516. The van der Waals surface area contributed by atoms with Crippen LogP contribution in [0, 0.1) is 0 Å². The number of aliphatic hydroxyl groups excluding tert-OH is 1. The number of carbonyl (C=O) groups excluding carboxylic acids is 1. The van der Waals surface area contributed by atoms with E-state index in [-0.39, 0.29) is 36.6 Å². The predicted octanol–water partition coefficient (Wildman–Crippen LogP) is -1.54. The largest absolute Gasteiger partial charge is 1.00 e. The van der Waals surface area contributed by atoms with E-state index in [1.807, 2.05) is 32.9 Å². The molecular formula is C17H28ClN2O4-. The van der Waals surface area contributed by atoms with Gasteiger partial charge in [-0.2, -0.15) is 0 Å². The highest BCUT2D eigenvalue weighted by atomic mass is 35.5. The van der Waals surface area contributed by atoms with Gasteiger partial charge in [-0.15, -0.1) is 0 Å². The Labute approximate surface area is 150 Å². The summed E-state index contributed by atoms with van der Waals surface area (Å²) in [6, 6.07) is 5.53. The molecule has 1 aromatic rings. The third-order valence-corrected chi connectivity index (χ3v) is 2.87. The Morgan fingerprint density at radius 3 is 2.50 bits per heavy atom. The Morgan fingerprint density at radius 2 is 1.96 bits per heavy atom. The van der Waals surface area contributed by atoms with Crippen molar-refractivity contribution in [3.63, 3.8) is 0 Å². The molecule has 0 aliphatic heterocycles. The number of rotatable bonds is 8. The van der Waals surface area contributed by atoms with Crippen LogP contribution in [-0.2, 0) is 11.3 Å². The maximum atomic E-state index is 11.8. The van der Waals surface area contributed by atoms with Crippen LogP contribution in [0.2, 0.25) is 0 Å². The zero-order valence-electron chi connectivity index (χ0n) is 15.0. The van der Waals surface area contributed by atoms with E-state index in [4.69, 9.17) is 9.47 Å². The molecule has 0 bridgehead atoms. The molecule has 138 valence electrons. The SMILES string of the molecule is COc1cc(CNCC(C)O)ccc1OCC(=O)NC(C)(C)C.[Cl-]. The third kappa shape index (κ3) is 8.96. The number of benzene rings is 1. The molecule has 0 saturated carbocycles. The number of hydrogen-bond donors (Lipinski definition) is 3. The number of methoxy groups -OCH3 is 1. The number of halogens is 1. The molecule has 0 spiro atoms. The highest BCUT2D eigenvalue weighted by molar-refractivity contribution is 5.78. The molecule has 0 aromatic heterocycles. The average molecular weight is 360 g/mol. The molecule has 0 fully saturated rings. The lowest BCUT2D eigenvalue weighted by molar-refractivity contribution is -0.124. The van der Waals surface area contributed by atoms with Crippen molar-refractivity contribution in [2.75, 3.05) is 20.3 Å². The molecule has 24 heavy (non-hydrogen) atoms. The van der Waals surface area contributed by atoms with Crippen LogP contribution in [-0.4, -0.2) is 42.9 Å². The summed E-state index contributed by atoms with van der Waals surface area (Å²) in [6.07, 6.45) is -0.388. The van der Waals surface area contributed by atoms with E-state index in [1.54, 1.807) is 20.1 Å². The van der Waals surface area contributed by atoms with Crippen molar-refractivity contribution in [3.8, 4) is 11.5 Å². The summed E-state index contributed by atoms with van der Waals surface area (Å²) < 4.78 is 10.8. The zero-order chi connectivity index (χ0) is 17.5. The molecule has 1 aromatic carbocycles. The van der Waals surface area contributed by atoms with Gasteiger partial charge in [0.25, 0.3) is 5.91 Å². The summed E-state index contributed by atoms with van der Waals surface area (Å²) in [5.74, 6) is 0.919. The Hall–Kier alpha value is -1.50. The van der Waals surface area contributed by atoms with Gasteiger partial charge in [0.2, 0.25) is 0 Å². The van der Waals surface area contributed by atoms with Crippen LogP contribution in [0.1, 0.15) is 33.3 Å². The molecule has 3 N–H and O–H groups in total. The lowest BCUT2D eigenvalue weighted by Crippen LogP contribution is -3.00. The molecule has 1 rings (SSSR count). The molecule has 0 heterocycles. The standard InChI is InChI=1S/C17H28N2O4.ClH/c1-12(20)9-18-10-13-6-7-14(15(8-13)22-5)23-11-16(21)19-17(2,3)4;/h6-8,12,18,20H,9-11H2,1-5H3,(H,19,21);1H/p-1. The molecule has 1 amide bonds. The van der Waals surface area contributed by atoms with Crippen LogP contribution in [0.15, 0.2) is 18.2 Å². The van der Waals surface area contributed by atoms with Gasteiger partial charge in [0, 0.05) is 18.6 Å². The lowest BCUT2D eigenvalue weighted by atomic mass is 10.1.